The standard InChI is InChI=1S/C8H6O3.C6H13N.C3H8N2O2/c9-5-6-2-1-3-7(4-6)8(10)11;7-6-4-2-1-3-5-6;4-1-2(5)3(6)7/h1-5H,(H,10,11);6H,1-5,7H2;2H,1,4-5H2,(H,6,7)/t;;2-/m..0/s1. The lowest BCUT2D eigenvalue weighted by Gasteiger charge is -2.15. The molecule has 1 saturated carbocycles. The lowest BCUT2D eigenvalue weighted by molar-refractivity contribution is -0.138. The lowest BCUT2D eigenvalue weighted by Crippen LogP contribution is -2.37. The largest absolute Gasteiger partial charge is 0.480 e. The predicted molar refractivity (Wildman–Crippen MR) is 94.5 cm³/mol. The highest BCUT2D eigenvalue weighted by Crippen LogP contribution is 2.14. The van der Waals surface area contributed by atoms with E-state index in [0.29, 0.717) is 17.9 Å². The molecule has 1 aromatic rings. The van der Waals surface area contributed by atoms with E-state index in [4.69, 9.17) is 27.4 Å². The van der Waals surface area contributed by atoms with Gasteiger partial charge in [-0.15, -0.1) is 0 Å². The second kappa shape index (κ2) is 13.1. The monoisotopic (exact) mass is 353 g/mol. The summed E-state index contributed by atoms with van der Waals surface area (Å²) in [5.74, 6) is -2.07. The Bertz CT molecular complexity index is 545. The van der Waals surface area contributed by atoms with Crippen LogP contribution >= 0.6 is 0 Å². The first-order valence-electron chi connectivity index (χ1n) is 8.04. The van der Waals surface area contributed by atoms with Gasteiger partial charge in [-0.2, -0.15) is 0 Å². The molecule has 0 amide bonds. The van der Waals surface area contributed by atoms with Crippen molar-refractivity contribution in [3.63, 3.8) is 0 Å². The van der Waals surface area contributed by atoms with Gasteiger partial charge >= 0.3 is 11.9 Å². The van der Waals surface area contributed by atoms with Gasteiger partial charge in [0.2, 0.25) is 0 Å². The van der Waals surface area contributed by atoms with E-state index in [-0.39, 0.29) is 12.1 Å². The third-order valence-electron chi connectivity index (χ3n) is 3.49. The summed E-state index contributed by atoms with van der Waals surface area (Å²) in [5.41, 5.74) is 15.9. The van der Waals surface area contributed by atoms with E-state index in [9.17, 15) is 14.4 Å². The van der Waals surface area contributed by atoms with Crippen LogP contribution in [0.5, 0.6) is 0 Å². The minimum Gasteiger partial charge on any atom is -0.480 e. The molecular formula is C17H27N3O5. The van der Waals surface area contributed by atoms with Gasteiger partial charge in [-0.25, -0.2) is 4.79 Å². The number of carboxylic acid groups (broad SMARTS) is 2. The number of aromatic carboxylic acids is 1. The van der Waals surface area contributed by atoms with Crippen LogP contribution in [-0.4, -0.2) is 47.1 Å². The molecule has 0 bridgehead atoms. The molecule has 0 saturated heterocycles. The summed E-state index contributed by atoms with van der Waals surface area (Å²) in [6, 6.07) is 5.49. The molecule has 0 heterocycles. The Morgan fingerprint density at radius 1 is 1.20 bits per heavy atom. The van der Waals surface area contributed by atoms with Gasteiger partial charge < -0.3 is 27.4 Å². The molecule has 1 aromatic carbocycles. The molecule has 8 N–H and O–H groups in total. The first-order valence-corrected chi connectivity index (χ1v) is 8.04. The molecule has 1 atom stereocenters. The van der Waals surface area contributed by atoms with Gasteiger partial charge in [-0.3, -0.25) is 9.59 Å². The Morgan fingerprint density at radius 3 is 2.12 bits per heavy atom. The van der Waals surface area contributed by atoms with E-state index in [0.717, 1.165) is 0 Å². The summed E-state index contributed by atoms with van der Waals surface area (Å²) in [6.07, 6.45) is 7.28. The highest BCUT2D eigenvalue weighted by molar-refractivity contribution is 5.90. The Morgan fingerprint density at radius 2 is 1.80 bits per heavy atom. The maximum absolute atomic E-state index is 10.4. The van der Waals surface area contributed by atoms with Gasteiger partial charge in [0.15, 0.2) is 0 Å². The van der Waals surface area contributed by atoms with Crippen molar-refractivity contribution < 1.29 is 24.6 Å². The van der Waals surface area contributed by atoms with Crippen molar-refractivity contribution in [1.29, 1.82) is 0 Å². The molecule has 0 unspecified atom stereocenters. The van der Waals surface area contributed by atoms with Gasteiger partial charge in [0.1, 0.15) is 12.3 Å². The van der Waals surface area contributed by atoms with Crippen molar-refractivity contribution in [3.05, 3.63) is 35.4 Å². The first kappa shape index (κ1) is 22.7. The zero-order chi connectivity index (χ0) is 19.2. The van der Waals surface area contributed by atoms with E-state index in [2.05, 4.69) is 0 Å². The number of carbonyl (C=O) groups excluding carboxylic acids is 1. The molecule has 1 aliphatic carbocycles. The Labute approximate surface area is 147 Å². The van der Waals surface area contributed by atoms with Crippen molar-refractivity contribution in [2.75, 3.05) is 6.54 Å². The number of benzene rings is 1. The summed E-state index contributed by atoms with van der Waals surface area (Å²) in [5, 5.41) is 16.5. The Hall–Kier alpha value is -2.29. The van der Waals surface area contributed by atoms with Crippen molar-refractivity contribution in [2.24, 2.45) is 17.2 Å². The van der Waals surface area contributed by atoms with Gasteiger partial charge in [-0.05, 0) is 25.0 Å². The number of carboxylic acids is 2. The fourth-order valence-electron chi connectivity index (χ4n) is 1.98. The normalized spacial score (nSPS) is 14.8. The number of nitrogens with two attached hydrogens (primary N) is 3. The van der Waals surface area contributed by atoms with Crippen LogP contribution in [-0.2, 0) is 4.79 Å². The van der Waals surface area contributed by atoms with Crippen LogP contribution in [0, 0.1) is 0 Å². The van der Waals surface area contributed by atoms with Crippen molar-refractivity contribution in [1.82, 2.24) is 0 Å². The molecule has 8 heteroatoms. The number of rotatable bonds is 4. The lowest BCUT2D eigenvalue weighted by atomic mass is 9.97. The molecule has 25 heavy (non-hydrogen) atoms. The van der Waals surface area contributed by atoms with Crippen LogP contribution in [0.25, 0.3) is 0 Å². The third-order valence-corrected chi connectivity index (χ3v) is 3.49. The smallest absolute Gasteiger partial charge is 0.335 e. The molecule has 140 valence electrons. The zero-order valence-electron chi connectivity index (χ0n) is 14.1. The second-order valence-corrected chi connectivity index (χ2v) is 5.63. The summed E-state index contributed by atoms with van der Waals surface area (Å²) in [7, 11) is 0. The molecule has 0 radical (unpaired) electrons. The van der Waals surface area contributed by atoms with E-state index in [1.807, 2.05) is 0 Å². The maximum atomic E-state index is 10.4. The average Bonchev–Trinajstić information content (AvgIpc) is 2.62. The van der Waals surface area contributed by atoms with Crippen LogP contribution in [0.1, 0.15) is 52.8 Å². The molecule has 8 nitrogen and oxygen atoms in total. The van der Waals surface area contributed by atoms with E-state index < -0.39 is 18.0 Å². The summed E-state index contributed by atoms with van der Waals surface area (Å²) in [4.78, 5) is 30.3. The van der Waals surface area contributed by atoms with Crippen molar-refractivity contribution >= 4 is 18.2 Å². The predicted octanol–water partition coefficient (Wildman–Crippen LogP) is 0.832. The fourth-order valence-corrected chi connectivity index (χ4v) is 1.98. The van der Waals surface area contributed by atoms with Crippen LogP contribution in [0.15, 0.2) is 24.3 Å². The molecule has 0 aromatic heterocycles. The van der Waals surface area contributed by atoms with Gasteiger partial charge in [0, 0.05) is 18.2 Å². The maximum Gasteiger partial charge on any atom is 0.335 e. The molecule has 1 aliphatic rings. The van der Waals surface area contributed by atoms with E-state index >= 15 is 0 Å². The topological polar surface area (TPSA) is 170 Å². The highest BCUT2D eigenvalue weighted by atomic mass is 16.4. The molecular weight excluding hydrogens is 326 g/mol. The minimum absolute atomic E-state index is 0.00463. The molecule has 1 fully saturated rings. The van der Waals surface area contributed by atoms with E-state index in [1.165, 1.54) is 50.3 Å². The van der Waals surface area contributed by atoms with Crippen LogP contribution < -0.4 is 17.2 Å². The Balaban J connectivity index is 0.000000362. The van der Waals surface area contributed by atoms with Gasteiger partial charge in [0.05, 0.1) is 5.56 Å². The second-order valence-electron chi connectivity index (χ2n) is 5.63. The summed E-state index contributed by atoms with van der Waals surface area (Å²) in [6.45, 7) is -0.00463. The number of hydrogen-bond acceptors (Lipinski definition) is 6. The van der Waals surface area contributed by atoms with Gasteiger partial charge in [0.25, 0.3) is 0 Å². The first-order chi connectivity index (χ1) is 11.8. The van der Waals surface area contributed by atoms with Crippen LogP contribution in [0.4, 0.5) is 0 Å². The molecule has 0 aliphatic heterocycles. The SMILES string of the molecule is NC1CCCCC1.NC[C@H](N)C(=O)O.O=Cc1cccc(C(=O)O)c1. The number of aldehydes is 1. The van der Waals surface area contributed by atoms with Crippen molar-refractivity contribution in [2.45, 2.75) is 44.2 Å². The highest BCUT2D eigenvalue weighted by Gasteiger charge is 2.06. The van der Waals surface area contributed by atoms with E-state index in [1.54, 1.807) is 6.07 Å². The summed E-state index contributed by atoms with van der Waals surface area (Å²) >= 11 is 0. The fraction of sp³-hybridized carbons (Fsp3) is 0.471. The third kappa shape index (κ3) is 11.0. The van der Waals surface area contributed by atoms with Gasteiger partial charge in [-0.1, -0.05) is 31.4 Å². The summed E-state index contributed by atoms with van der Waals surface area (Å²) < 4.78 is 0. The number of aliphatic carboxylic acids is 1. The quantitative estimate of drug-likeness (QED) is 0.495. The van der Waals surface area contributed by atoms with Crippen LogP contribution in [0.3, 0.4) is 0 Å². The number of carbonyl (C=O) groups is 3. The van der Waals surface area contributed by atoms with Crippen molar-refractivity contribution in [3.8, 4) is 0 Å². The minimum atomic E-state index is -1.05. The number of hydrogen-bond donors (Lipinski definition) is 5. The van der Waals surface area contributed by atoms with Crippen LogP contribution in [0.2, 0.25) is 0 Å². The molecule has 0 spiro atoms. The Kier molecular flexibility index (Phi) is 11.9. The molecule has 2 rings (SSSR count). The zero-order valence-corrected chi connectivity index (χ0v) is 14.1. The average molecular weight is 353 g/mol.